The van der Waals surface area contributed by atoms with Crippen molar-refractivity contribution in [3.05, 3.63) is 65.7 Å². The fourth-order valence-corrected chi connectivity index (χ4v) is 3.08. The number of piperazine rings is 1. The van der Waals surface area contributed by atoms with Crippen molar-refractivity contribution in [1.29, 1.82) is 0 Å². The van der Waals surface area contributed by atoms with Crippen LogP contribution in [0.3, 0.4) is 0 Å². The molecule has 0 aromatic heterocycles. The van der Waals surface area contributed by atoms with Crippen molar-refractivity contribution in [1.82, 2.24) is 4.90 Å². The Hall–Kier alpha value is -2.79. The molecule has 142 valence electrons. The number of anilines is 1. The third-order valence-electron chi connectivity index (χ3n) is 4.60. The lowest BCUT2D eigenvalue weighted by atomic mass is 10.2. The summed E-state index contributed by atoms with van der Waals surface area (Å²) in [5.41, 5.74) is 3.45. The number of nitrogens with zero attached hydrogens (tertiary/aromatic N) is 2. The molecule has 1 aliphatic rings. The summed E-state index contributed by atoms with van der Waals surface area (Å²) in [6, 6.07) is 16.1. The molecule has 1 heterocycles. The molecule has 5 nitrogen and oxygen atoms in total. The Kier molecular flexibility index (Phi) is 6.49. The second-order valence-corrected chi connectivity index (χ2v) is 6.60. The third kappa shape index (κ3) is 5.34. The lowest BCUT2D eigenvalue weighted by Crippen LogP contribution is -2.48. The fraction of sp³-hybridized carbons (Fsp3) is 0.318. The summed E-state index contributed by atoms with van der Waals surface area (Å²) >= 11 is 0. The predicted octanol–water partition coefficient (Wildman–Crippen LogP) is 3.34. The Morgan fingerprint density at radius 1 is 1.07 bits per heavy atom. The van der Waals surface area contributed by atoms with Crippen LogP contribution in [0.4, 0.5) is 5.69 Å². The Balaban J connectivity index is 1.51. The highest BCUT2D eigenvalue weighted by molar-refractivity contribution is 5.92. The van der Waals surface area contributed by atoms with Crippen LogP contribution in [0.25, 0.3) is 6.08 Å². The van der Waals surface area contributed by atoms with Crippen molar-refractivity contribution in [2.75, 3.05) is 45.0 Å². The maximum absolute atomic E-state index is 12.5. The number of hydrogen-bond donors (Lipinski definition) is 0. The maximum Gasteiger partial charge on any atom is 0.246 e. The van der Waals surface area contributed by atoms with E-state index in [4.69, 9.17) is 9.47 Å². The number of ether oxygens (including phenoxy) is 2. The summed E-state index contributed by atoms with van der Waals surface area (Å²) in [4.78, 5) is 16.7. The molecular weight excluding hydrogens is 340 g/mol. The summed E-state index contributed by atoms with van der Waals surface area (Å²) in [5.74, 6) is 0.797. The molecule has 0 saturated carbocycles. The minimum absolute atomic E-state index is 0.0543. The Bertz CT molecular complexity index is 778. The number of aryl methyl sites for hydroxylation is 1. The van der Waals surface area contributed by atoms with Crippen molar-refractivity contribution in [2.24, 2.45) is 0 Å². The van der Waals surface area contributed by atoms with Gasteiger partial charge in [0.1, 0.15) is 5.75 Å². The Labute approximate surface area is 160 Å². The highest BCUT2D eigenvalue weighted by Crippen LogP contribution is 2.18. The minimum atomic E-state index is 0.0543. The van der Waals surface area contributed by atoms with Crippen molar-refractivity contribution in [3.63, 3.8) is 0 Å². The summed E-state index contributed by atoms with van der Waals surface area (Å²) in [6.07, 6.45) is 3.49. The monoisotopic (exact) mass is 366 g/mol. The average molecular weight is 366 g/mol. The van der Waals surface area contributed by atoms with E-state index in [0.717, 1.165) is 37.5 Å². The zero-order chi connectivity index (χ0) is 19.1. The van der Waals surface area contributed by atoms with Crippen LogP contribution in [0.1, 0.15) is 11.1 Å². The van der Waals surface area contributed by atoms with Gasteiger partial charge in [0, 0.05) is 45.1 Å². The van der Waals surface area contributed by atoms with Gasteiger partial charge in [-0.05, 0) is 48.4 Å². The van der Waals surface area contributed by atoms with Gasteiger partial charge in [-0.3, -0.25) is 4.79 Å². The van der Waals surface area contributed by atoms with Crippen molar-refractivity contribution < 1.29 is 14.3 Å². The number of rotatable bonds is 6. The standard InChI is InChI=1S/C22H26N2O3/c1-18-4-3-5-20(16-18)23-12-14-24(15-13-23)22(25)11-8-19-6-9-21(10-7-19)27-17-26-2/h3-11,16H,12-15,17H2,1-2H3/b11-8+. The third-order valence-corrected chi connectivity index (χ3v) is 4.60. The summed E-state index contributed by atoms with van der Waals surface area (Å²) < 4.78 is 10.2. The molecule has 3 rings (SSSR count). The second-order valence-electron chi connectivity index (χ2n) is 6.60. The molecule has 5 heteroatoms. The van der Waals surface area contributed by atoms with Gasteiger partial charge in [0.15, 0.2) is 6.79 Å². The Morgan fingerprint density at radius 2 is 1.81 bits per heavy atom. The van der Waals surface area contributed by atoms with Crippen LogP contribution in [0.15, 0.2) is 54.6 Å². The van der Waals surface area contributed by atoms with Crippen LogP contribution in [0, 0.1) is 6.92 Å². The molecule has 2 aromatic rings. The molecule has 0 aliphatic carbocycles. The van der Waals surface area contributed by atoms with E-state index in [1.165, 1.54) is 11.3 Å². The molecule has 1 aliphatic heterocycles. The van der Waals surface area contributed by atoms with E-state index < -0.39 is 0 Å². The van der Waals surface area contributed by atoms with Gasteiger partial charge < -0.3 is 19.3 Å². The van der Waals surface area contributed by atoms with E-state index in [-0.39, 0.29) is 12.7 Å². The van der Waals surface area contributed by atoms with Crippen LogP contribution < -0.4 is 9.64 Å². The highest BCUT2D eigenvalue weighted by atomic mass is 16.7. The van der Waals surface area contributed by atoms with E-state index in [1.54, 1.807) is 13.2 Å². The minimum Gasteiger partial charge on any atom is -0.468 e. The number of methoxy groups -OCH3 is 1. The summed E-state index contributed by atoms with van der Waals surface area (Å²) in [6.45, 7) is 5.51. The average Bonchev–Trinajstić information content (AvgIpc) is 2.71. The molecule has 2 aromatic carbocycles. The molecule has 27 heavy (non-hydrogen) atoms. The topological polar surface area (TPSA) is 42.0 Å². The highest BCUT2D eigenvalue weighted by Gasteiger charge is 2.19. The molecule has 0 unspecified atom stereocenters. The SMILES string of the molecule is COCOc1ccc(/C=C/C(=O)N2CCN(c3cccc(C)c3)CC2)cc1. The molecule has 0 bridgehead atoms. The predicted molar refractivity (Wildman–Crippen MR) is 108 cm³/mol. The molecule has 0 spiro atoms. The van der Waals surface area contributed by atoms with Crippen molar-refractivity contribution >= 4 is 17.7 Å². The number of carbonyl (C=O) groups excluding carboxylic acids is 1. The zero-order valence-corrected chi connectivity index (χ0v) is 15.9. The molecular formula is C22H26N2O3. The first-order chi connectivity index (χ1) is 13.2. The lowest BCUT2D eigenvalue weighted by Gasteiger charge is -2.35. The maximum atomic E-state index is 12.5. The van der Waals surface area contributed by atoms with E-state index >= 15 is 0 Å². The molecule has 0 atom stereocenters. The quantitative estimate of drug-likeness (QED) is 0.581. The van der Waals surface area contributed by atoms with E-state index in [9.17, 15) is 4.79 Å². The summed E-state index contributed by atoms with van der Waals surface area (Å²) in [7, 11) is 1.59. The lowest BCUT2D eigenvalue weighted by molar-refractivity contribution is -0.126. The molecule has 0 radical (unpaired) electrons. The van der Waals surface area contributed by atoms with Gasteiger partial charge in [-0.15, -0.1) is 0 Å². The van der Waals surface area contributed by atoms with Crippen LogP contribution in [0.2, 0.25) is 0 Å². The first-order valence-electron chi connectivity index (χ1n) is 9.16. The number of carbonyl (C=O) groups is 1. The van der Waals surface area contributed by atoms with Gasteiger partial charge in [-0.25, -0.2) is 0 Å². The van der Waals surface area contributed by atoms with Gasteiger partial charge in [0.2, 0.25) is 5.91 Å². The largest absolute Gasteiger partial charge is 0.468 e. The molecule has 1 fully saturated rings. The second kappa shape index (κ2) is 9.24. The summed E-state index contributed by atoms with van der Waals surface area (Å²) in [5, 5.41) is 0. The van der Waals surface area contributed by atoms with Crippen LogP contribution in [0.5, 0.6) is 5.75 Å². The van der Waals surface area contributed by atoms with Crippen molar-refractivity contribution in [3.8, 4) is 5.75 Å². The smallest absolute Gasteiger partial charge is 0.246 e. The van der Waals surface area contributed by atoms with E-state index in [2.05, 4.69) is 36.1 Å². The molecule has 1 saturated heterocycles. The van der Waals surface area contributed by atoms with Crippen molar-refractivity contribution in [2.45, 2.75) is 6.92 Å². The first kappa shape index (κ1) is 19.0. The molecule has 0 N–H and O–H groups in total. The van der Waals surface area contributed by atoms with Gasteiger partial charge in [-0.2, -0.15) is 0 Å². The van der Waals surface area contributed by atoms with Gasteiger partial charge in [0.05, 0.1) is 0 Å². The van der Waals surface area contributed by atoms with Gasteiger partial charge in [-0.1, -0.05) is 24.3 Å². The number of amides is 1. The molecule has 1 amide bonds. The number of benzene rings is 2. The Morgan fingerprint density at radius 3 is 2.48 bits per heavy atom. The van der Waals surface area contributed by atoms with E-state index in [0.29, 0.717) is 0 Å². The zero-order valence-electron chi connectivity index (χ0n) is 15.9. The fourth-order valence-electron chi connectivity index (χ4n) is 3.08. The first-order valence-corrected chi connectivity index (χ1v) is 9.16. The van der Waals surface area contributed by atoms with Gasteiger partial charge in [0.25, 0.3) is 0 Å². The van der Waals surface area contributed by atoms with Crippen LogP contribution in [-0.2, 0) is 9.53 Å². The van der Waals surface area contributed by atoms with Gasteiger partial charge >= 0.3 is 0 Å². The van der Waals surface area contributed by atoms with E-state index in [1.807, 2.05) is 35.2 Å². The van der Waals surface area contributed by atoms with Crippen LogP contribution >= 0.6 is 0 Å². The van der Waals surface area contributed by atoms with Crippen LogP contribution in [-0.4, -0.2) is 50.9 Å². The normalized spacial score (nSPS) is 14.6. The number of hydrogen-bond acceptors (Lipinski definition) is 4.